The molecule has 20 heavy (non-hydrogen) atoms. The number of benzene rings is 1. The first kappa shape index (κ1) is 12.9. The lowest BCUT2D eigenvalue weighted by atomic mass is 10.3. The fourth-order valence-electron chi connectivity index (χ4n) is 2.21. The van der Waals surface area contributed by atoms with Crippen LogP contribution in [0.15, 0.2) is 23.6 Å². The first-order chi connectivity index (χ1) is 9.67. The number of ether oxygens (including phenoxy) is 1. The molecule has 0 saturated carbocycles. The Balaban J connectivity index is 1.91. The number of methoxy groups -OCH3 is 1. The SMILES string of the molecule is COc1ccc2nc(N)n(CCc3nc(C)cs3)c2c1. The van der Waals surface area contributed by atoms with Gasteiger partial charge >= 0.3 is 0 Å². The third-order valence-electron chi connectivity index (χ3n) is 3.20. The molecule has 0 fully saturated rings. The molecule has 5 nitrogen and oxygen atoms in total. The first-order valence-electron chi connectivity index (χ1n) is 6.38. The molecule has 0 aliphatic heterocycles. The predicted octanol–water partition coefficient (Wildman–Crippen LogP) is 2.63. The molecule has 3 aromatic rings. The molecule has 0 unspecified atom stereocenters. The van der Waals surface area contributed by atoms with Crippen molar-refractivity contribution in [1.82, 2.24) is 14.5 Å². The number of anilines is 1. The third-order valence-corrected chi connectivity index (χ3v) is 4.23. The van der Waals surface area contributed by atoms with Gasteiger partial charge in [-0.1, -0.05) is 0 Å². The summed E-state index contributed by atoms with van der Waals surface area (Å²) in [6.45, 7) is 2.77. The molecule has 6 heteroatoms. The van der Waals surface area contributed by atoms with E-state index in [1.807, 2.05) is 29.7 Å². The van der Waals surface area contributed by atoms with E-state index in [4.69, 9.17) is 10.5 Å². The second kappa shape index (κ2) is 5.13. The van der Waals surface area contributed by atoms with Gasteiger partial charge in [-0.15, -0.1) is 11.3 Å². The van der Waals surface area contributed by atoms with E-state index in [1.54, 1.807) is 18.4 Å². The summed E-state index contributed by atoms with van der Waals surface area (Å²) in [6.07, 6.45) is 0.853. The van der Waals surface area contributed by atoms with Crippen LogP contribution < -0.4 is 10.5 Å². The maximum Gasteiger partial charge on any atom is 0.201 e. The van der Waals surface area contributed by atoms with Gasteiger partial charge in [0.1, 0.15) is 5.75 Å². The Morgan fingerprint density at radius 1 is 1.35 bits per heavy atom. The summed E-state index contributed by atoms with van der Waals surface area (Å²) >= 11 is 1.68. The zero-order valence-electron chi connectivity index (χ0n) is 11.5. The van der Waals surface area contributed by atoms with E-state index >= 15 is 0 Å². The maximum absolute atomic E-state index is 6.01. The van der Waals surface area contributed by atoms with Crippen molar-refractivity contribution in [2.75, 3.05) is 12.8 Å². The number of aryl methyl sites for hydroxylation is 3. The van der Waals surface area contributed by atoms with Crippen LogP contribution in [0.1, 0.15) is 10.7 Å². The number of nitrogens with zero attached hydrogens (tertiary/aromatic N) is 3. The second-order valence-corrected chi connectivity index (χ2v) is 5.55. The molecule has 0 bridgehead atoms. The number of fused-ring (bicyclic) bond motifs is 1. The summed E-state index contributed by atoms with van der Waals surface area (Å²) in [4.78, 5) is 8.85. The highest BCUT2D eigenvalue weighted by Gasteiger charge is 2.10. The van der Waals surface area contributed by atoms with E-state index in [-0.39, 0.29) is 0 Å². The normalized spacial score (nSPS) is 11.1. The lowest BCUT2D eigenvalue weighted by Gasteiger charge is -2.06. The van der Waals surface area contributed by atoms with Gasteiger partial charge in [0, 0.05) is 30.1 Å². The Kier molecular flexibility index (Phi) is 3.31. The van der Waals surface area contributed by atoms with Gasteiger partial charge in [0.15, 0.2) is 0 Å². The van der Waals surface area contributed by atoms with Crippen molar-refractivity contribution in [3.05, 3.63) is 34.3 Å². The maximum atomic E-state index is 6.01. The molecular formula is C14H16N4OS. The van der Waals surface area contributed by atoms with Gasteiger partial charge in [-0.25, -0.2) is 9.97 Å². The standard InChI is InChI=1S/C14H16N4OS/c1-9-8-20-13(16-9)5-6-18-12-7-10(19-2)3-4-11(12)17-14(18)15/h3-4,7-8H,5-6H2,1-2H3,(H2,15,17). The Bertz CT molecular complexity index is 747. The van der Waals surface area contributed by atoms with Gasteiger partial charge in [-0.2, -0.15) is 0 Å². The van der Waals surface area contributed by atoms with Crippen molar-refractivity contribution in [2.24, 2.45) is 0 Å². The third kappa shape index (κ3) is 2.34. The predicted molar refractivity (Wildman–Crippen MR) is 81.3 cm³/mol. The zero-order valence-corrected chi connectivity index (χ0v) is 12.3. The fourth-order valence-corrected chi connectivity index (χ4v) is 2.97. The average molecular weight is 288 g/mol. The Morgan fingerprint density at radius 2 is 2.20 bits per heavy atom. The molecule has 0 spiro atoms. The zero-order chi connectivity index (χ0) is 14.1. The molecule has 0 saturated heterocycles. The number of nitrogens with two attached hydrogens (primary N) is 1. The molecule has 0 amide bonds. The molecule has 2 aromatic heterocycles. The summed E-state index contributed by atoms with van der Waals surface area (Å²) in [6, 6.07) is 5.78. The molecule has 0 aliphatic rings. The molecule has 1 aromatic carbocycles. The van der Waals surface area contributed by atoms with Crippen LogP contribution in [0, 0.1) is 6.92 Å². The fraction of sp³-hybridized carbons (Fsp3) is 0.286. The topological polar surface area (TPSA) is 66.0 Å². The highest BCUT2D eigenvalue weighted by Crippen LogP contribution is 2.23. The summed E-state index contributed by atoms with van der Waals surface area (Å²) in [5, 5.41) is 3.18. The van der Waals surface area contributed by atoms with Gasteiger partial charge in [-0.05, 0) is 19.1 Å². The van der Waals surface area contributed by atoms with Crippen LogP contribution >= 0.6 is 11.3 Å². The smallest absolute Gasteiger partial charge is 0.201 e. The van der Waals surface area contributed by atoms with Gasteiger partial charge in [-0.3, -0.25) is 0 Å². The van der Waals surface area contributed by atoms with Crippen molar-refractivity contribution >= 4 is 28.3 Å². The largest absolute Gasteiger partial charge is 0.497 e. The number of thiazole rings is 1. The minimum Gasteiger partial charge on any atom is -0.497 e. The quantitative estimate of drug-likeness (QED) is 0.801. The monoisotopic (exact) mass is 288 g/mol. The van der Waals surface area contributed by atoms with Crippen molar-refractivity contribution in [3.63, 3.8) is 0 Å². The number of nitrogen functional groups attached to an aromatic ring is 1. The van der Waals surface area contributed by atoms with Crippen molar-refractivity contribution < 1.29 is 4.74 Å². The van der Waals surface area contributed by atoms with Gasteiger partial charge in [0.25, 0.3) is 0 Å². The van der Waals surface area contributed by atoms with Crippen molar-refractivity contribution in [2.45, 2.75) is 19.9 Å². The van der Waals surface area contributed by atoms with Crippen LogP contribution in [-0.4, -0.2) is 21.6 Å². The number of aromatic nitrogens is 3. The second-order valence-electron chi connectivity index (χ2n) is 4.61. The highest BCUT2D eigenvalue weighted by atomic mass is 32.1. The molecule has 104 valence electrons. The van der Waals surface area contributed by atoms with Gasteiger partial charge in [0.2, 0.25) is 5.95 Å². The molecule has 2 heterocycles. The van der Waals surface area contributed by atoms with Crippen molar-refractivity contribution in [1.29, 1.82) is 0 Å². The minimum absolute atomic E-state index is 0.529. The lowest BCUT2D eigenvalue weighted by Crippen LogP contribution is -2.05. The Labute approximate surface area is 121 Å². The highest BCUT2D eigenvalue weighted by molar-refractivity contribution is 7.09. The molecular weight excluding hydrogens is 272 g/mol. The Morgan fingerprint density at radius 3 is 2.90 bits per heavy atom. The van der Waals surface area contributed by atoms with Crippen LogP contribution in [0.4, 0.5) is 5.95 Å². The van der Waals surface area contributed by atoms with E-state index in [2.05, 4.69) is 15.3 Å². The van der Waals surface area contributed by atoms with Crippen LogP contribution in [0.3, 0.4) is 0 Å². The first-order valence-corrected chi connectivity index (χ1v) is 7.26. The van der Waals surface area contributed by atoms with Crippen LogP contribution in [0.5, 0.6) is 5.75 Å². The van der Waals surface area contributed by atoms with E-state index < -0.39 is 0 Å². The summed E-state index contributed by atoms with van der Waals surface area (Å²) in [5.41, 5.74) is 8.96. The molecule has 3 rings (SSSR count). The molecule has 2 N–H and O–H groups in total. The Hall–Kier alpha value is -2.08. The van der Waals surface area contributed by atoms with Crippen molar-refractivity contribution in [3.8, 4) is 5.75 Å². The minimum atomic E-state index is 0.529. The summed E-state index contributed by atoms with van der Waals surface area (Å²) in [7, 11) is 1.66. The van der Waals surface area contributed by atoms with E-state index in [1.165, 1.54) is 0 Å². The van der Waals surface area contributed by atoms with E-state index in [9.17, 15) is 0 Å². The van der Waals surface area contributed by atoms with Crippen LogP contribution in [0.25, 0.3) is 11.0 Å². The summed E-state index contributed by atoms with van der Waals surface area (Å²) in [5.74, 6) is 1.34. The molecule has 0 atom stereocenters. The summed E-state index contributed by atoms with van der Waals surface area (Å²) < 4.78 is 7.27. The van der Waals surface area contributed by atoms with Gasteiger partial charge in [0.05, 0.1) is 23.2 Å². The lowest BCUT2D eigenvalue weighted by molar-refractivity contribution is 0.415. The number of rotatable bonds is 4. The average Bonchev–Trinajstić information content (AvgIpc) is 2.98. The molecule has 0 radical (unpaired) electrons. The van der Waals surface area contributed by atoms with Gasteiger partial charge < -0.3 is 15.0 Å². The van der Waals surface area contributed by atoms with E-state index in [0.717, 1.165) is 40.5 Å². The molecule has 0 aliphatic carbocycles. The number of hydrogen-bond donors (Lipinski definition) is 1. The van der Waals surface area contributed by atoms with Crippen LogP contribution in [-0.2, 0) is 13.0 Å². The number of hydrogen-bond acceptors (Lipinski definition) is 5. The number of imidazole rings is 1. The van der Waals surface area contributed by atoms with E-state index in [0.29, 0.717) is 5.95 Å². The van der Waals surface area contributed by atoms with Crippen LogP contribution in [0.2, 0.25) is 0 Å².